The van der Waals surface area contributed by atoms with Gasteiger partial charge in [0.25, 0.3) is 0 Å². The zero-order valence-corrected chi connectivity index (χ0v) is 14.2. The molecule has 118 valence electrons. The van der Waals surface area contributed by atoms with Crippen LogP contribution in [0.25, 0.3) is 0 Å². The standard InChI is InChI=1S/C18H31N3/c1-6-17(7-11-19(4)5)21-14-10-18(15-21)8-12-20(13-9-18)16(2)3/h6-7,11H,2,8-10,12-15H2,1,3-5H3/b11-7-,17-6+. The molecule has 21 heavy (non-hydrogen) atoms. The van der Waals surface area contributed by atoms with Crippen LogP contribution in [0.15, 0.2) is 36.3 Å². The number of rotatable bonds is 4. The van der Waals surface area contributed by atoms with Crippen LogP contribution < -0.4 is 0 Å². The topological polar surface area (TPSA) is 9.72 Å². The van der Waals surface area contributed by atoms with Gasteiger partial charge in [-0.1, -0.05) is 12.7 Å². The Morgan fingerprint density at radius 2 is 1.67 bits per heavy atom. The van der Waals surface area contributed by atoms with Gasteiger partial charge in [-0.3, -0.25) is 0 Å². The number of likely N-dealkylation sites (tertiary alicyclic amines) is 2. The van der Waals surface area contributed by atoms with E-state index in [0.717, 1.165) is 0 Å². The van der Waals surface area contributed by atoms with Crippen molar-refractivity contribution in [1.82, 2.24) is 14.7 Å². The van der Waals surface area contributed by atoms with Crippen LogP contribution in [0, 0.1) is 5.41 Å². The lowest BCUT2D eigenvalue weighted by atomic mass is 9.77. The van der Waals surface area contributed by atoms with Crippen molar-refractivity contribution in [1.29, 1.82) is 0 Å². The summed E-state index contributed by atoms with van der Waals surface area (Å²) in [7, 11) is 4.14. The smallest absolute Gasteiger partial charge is 0.0337 e. The Morgan fingerprint density at radius 1 is 1.10 bits per heavy atom. The summed E-state index contributed by atoms with van der Waals surface area (Å²) in [6.07, 6.45) is 10.6. The maximum Gasteiger partial charge on any atom is 0.0337 e. The van der Waals surface area contributed by atoms with Gasteiger partial charge in [-0.05, 0) is 44.6 Å². The Labute approximate surface area is 130 Å². The second-order valence-corrected chi connectivity index (χ2v) is 6.89. The second kappa shape index (κ2) is 6.59. The van der Waals surface area contributed by atoms with E-state index in [4.69, 9.17) is 0 Å². The molecule has 2 aliphatic heterocycles. The number of allylic oxidation sites excluding steroid dienone is 3. The lowest BCUT2D eigenvalue weighted by Crippen LogP contribution is -2.40. The highest BCUT2D eigenvalue weighted by Gasteiger charge is 2.40. The first-order valence-electron chi connectivity index (χ1n) is 8.12. The summed E-state index contributed by atoms with van der Waals surface area (Å²) in [5.74, 6) is 0. The van der Waals surface area contributed by atoms with Crippen molar-refractivity contribution in [2.45, 2.75) is 33.1 Å². The van der Waals surface area contributed by atoms with E-state index in [2.05, 4.69) is 67.6 Å². The Balaban J connectivity index is 1.96. The summed E-state index contributed by atoms with van der Waals surface area (Å²) in [6, 6.07) is 0. The van der Waals surface area contributed by atoms with E-state index in [1.165, 1.54) is 56.8 Å². The zero-order valence-electron chi connectivity index (χ0n) is 14.2. The fraction of sp³-hybridized carbons (Fsp3) is 0.667. The van der Waals surface area contributed by atoms with Gasteiger partial charge in [-0.15, -0.1) is 0 Å². The number of hydrogen-bond acceptors (Lipinski definition) is 3. The van der Waals surface area contributed by atoms with Crippen LogP contribution in [0.5, 0.6) is 0 Å². The summed E-state index contributed by atoms with van der Waals surface area (Å²) in [5.41, 5.74) is 3.12. The Bertz CT molecular complexity index is 426. The molecule has 0 saturated carbocycles. The van der Waals surface area contributed by atoms with Crippen LogP contribution in [0.1, 0.15) is 33.1 Å². The van der Waals surface area contributed by atoms with Crippen LogP contribution in [0.4, 0.5) is 0 Å². The molecule has 0 atom stereocenters. The van der Waals surface area contributed by atoms with Crippen LogP contribution in [0.2, 0.25) is 0 Å². The predicted octanol–water partition coefficient (Wildman–Crippen LogP) is 3.29. The highest BCUT2D eigenvalue weighted by Crippen LogP contribution is 2.42. The molecule has 2 rings (SSSR count). The van der Waals surface area contributed by atoms with Crippen molar-refractivity contribution in [2.75, 3.05) is 40.3 Å². The monoisotopic (exact) mass is 289 g/mol. The van der Waals surface area contributed by atoms with E-state index in [9.17, 15) is 0 Å². The van der Waals surface area contributed by atoms with Gasteiger partial charge in [-0.2, -0.15) is 0 Å². The summed E-state index contributed by atoms with van der Waals surface area (Å²) in [4.78, 5) is 7.10. The molecular weight excluding hydrogens is 258 g/mol. The number of piperidine rings is 1. The van der Waals surface area contributed by atoms with E-state index >= 15 is 0 Å². The zero-order chi connectivity index (χ0) is 15.5. The minimum atomic E-state index is 0.534. The van der Waals surface area contributed by atoms with Crippen molar-refractivity contribution in [3.8, 4) is 0 Å². The molecule has 2 heterocycles. The summed E-state index contributed by atoms with van der Waals surface area (Å²) in [5, 5.41) is 0. The van der Waals surface area contributed by atoms with E-state index in [0.29, 0.717) is 5.41 Å². The molecule has 1 spiro atoms. The summed E-state index contributed by atoms with van der Waals surface area (Å²) >= 11 is 0. The fourth-order valence-corrected chi connectivity index (χ4v) is 3.54. The van der Waals surface area contributed by atoms with Gasteiger partial charge in [0.15, 0.2) is 0 Å². The van der Waals surface area contributed by atoms with Gasteiger partial charge in [0.2, 0.25) is 0 Å². The molecule has 3 nitrogen and oxygen atoms in total. The number of nitrogens with zero attached hydrogens (tertiary/aromatic N) is 3. The van der Waals surface area contributed by atoms with Gasteiger partial charge >= 0.3 is 0 Å². The maximum atomic E-state index is 4.08. The molecular formula is C18H31N3. The van der Waals surface area contributed by atoms with Gasteiger partial charge in [0.05, 0.1) is 0 Å². The molecule has 0 aliphatic carbocycles. The quantitative estimate of drug-likeness (QED) is 0.735. The third-order valence-electron chi connectivity index (χ3n) is 5.01. The molecule has 0 radical (unpaired) electrons. The molecule has 2 aliphatic rings. The first-order chi connectivity index (χ1) is 9.96. The summed E-state index contributed by atoms with van der Waals surface area (Å²) < 4.78 is 0. The lowest BCUT2D eigenvalue weighted by molar-refractivity contribution is 0.136. The highest BCUT2D eigenvalue weighted by atomic mass is 15.2. The third-order valence-corrected chi connectivity index (χ3v) is 5.01. The molecule has 0 aromatic carbocycles. The highest BCUT2D eigenvalue weighted by molar-refractivity contribution is 5.19. The van der Waals surface area contributed by atoms with Crippen molar-refractivity contribution >= 4 is 0 Å². The molecule has 2 saturated heterocycles. The fourth-order valence-electron chi connectivity index (χ4n) is 3.54. The molecule has 0 amide bonds. The molecule has 3 heteroatoms. The lowest BCUT2D eigenvalue weighted by Gasteiger charge is -2.40. The molecule has 0 aromatic heterocycles. The summed E-state index contributed by atoms with van der Waals surface area (Å²) in [6.45, 7) is 13.1. The first-order valence-corrected chi connectivity index (χ1v) is 8.12. The van der Waals surface area contributed by atoms with Crippen LogP contribution in [-0.2, 0) is 0 Å². The maximum absolute atomic E-state index is 4.08. The predicted molar refractivity (Wildman–Crippen MR) is 90.8 cm³/mol. The minimum absolute atomic E-state index is 0.534. The van der Waals surface area contributed by atoms with Crippen molar-refractivity contribution in [2.24, 2.45) is 5.41 Å². The molecule has 0 unspecified atom stereocenters. The molecule has 0 N–H and O–H groups in total. The van der Waals surface area contributed by atoms with Crippen LogP contribution in [0.3, 0.4) is 0 Å². The van der Waals surface area contributed by atoms with E-state index in [1.807, 2.05) is 0 Å². The molecule has 0 bridgehead atoms. The van der Waals surface area contributed by atoms with Crippen LogP contribution >= 0.6 is 0 Å². The van der Waals surface area contributed by atoms with Crippen molar-refractivity contribution in [3.63, 3.8) is 0 Å². The minimum Gasteiger partial charge on any atom is -0.383 e. The SMILES string of the molecule is C=C(C)N1CCC2(CC1)CCN(C(/C=C\N(C)C)=C/C)C2. The number of hydrogen-bond donors (Lipinski definition) is 0. The van der Waals surface area contributed by atoms with Crippen molar-refractivity contribution in [3.05, 3.63) is 36.3 Å². The van der Waals surface area contributed by atoms with Gasteiger partial charge in [-0.25, -0.2) is 0 Å². The molecule has 2 fully saturated rings. The molecule has 0 aromatic rings. The normalized spacial score (nSPS) is 22.4. The first kappa shape index (κ1) is 16.0. The van der Waals surface area contributed by atoms with Crippen LogP contribution in [-0.4, -0.2) is 55.0 Å². The van der Waals surface area contributed by atoms with E-state index in [1.54, 1.807) is 0 Å². The third kappa shape index (κ3) is 3.84. The average Bonchev–Trinajstić information content (AvgIpc) is 2.83. The van der Waals surface area contributed by atoms with Crippen molar-refractivity contribution < 1.29 is 0 Å². The Hall–Kier alpha value is -1.38. The van der Waals surface area contributed by atoms with E-state index in [-0.39, 0.29) is 0 Å². The average molecular weight is 289 g/mol. The van der Waals surface area contributed by atoms with Gasteiger partial charge in [0.1, 0.15) is 0 Å². The second-order valence-electron chi connectivity index (χ2n) is 6.89. The van der Waals surface area contributed by atoms with Gasteiger partial charge < -0.3 is 14.7 Å². The van der Waals surface area contributed by atoms with Gasteiger partial charge in [0, 0.05) is 57.9 Å². The van der Waals surface area contributed by atoms with E-state index < -0.39 is 0 Å². The largest absolute Gasteiger partial charge is 0.383 e. The Kier molecular flexibility index (Phi) is 5.02. The Morgan fingerprint density at radius 3 is 2.14 bits per heavy atom.